The molecule has 0 atom stereocenters. The van der Waals surface area contributed by atoms with Crippen LogP contribution in [0.4, 0.5) is 0 Å². The average Bonchev–Trinajstić information content (AvgIpc) is 3.09. The van der Waals surface area contributed by atoms with E-state index in [4.69, 9.17) is 32.7 Å². The lowest BCUT2D eigenvalue weighted by atomic mass is 10.0. The second-order valence-corrected chi connectivity index (χ2v) is 6.33. The van der Waals surface area contributed by atoms with E-state index < -0.39 is 5.97 Å². The number of carbonyl (C=O) groups is 2. The fourth-order valence-electron chi connectivity index (χ4n) is 2.61. The molecule has 9 heteroatoms. The zero-order chi connectivity index (χ0) is 19.6. The largest absolute Gasteiger partial charge is 0.481 e. The number of fused-ring (bicyclic) bond motifs is 1. The Morgan fingerprint density at radius 2 is 1.89 bits per heavy atom. The highest BCUT2D eigenvalue weighted by Crippen LogP contribution is 2.27. The van der Waals surface area contributed by atoms with Gasteiger partial charge in [-0.25, -0.2) is 4.79 Å². The van der Waals surface area contributed by atoms with Crippen LogP contribution in [0, 0.1) is 0 Å². The number of rotatable bonds is 6. The number of Topliss-reactive ketones (excluding diaryl/α,β-unsaturated/α-hetero) is 1. The number of halogens is 2. The van der Waals surface area contributed by atoms with Crippen molar-refractivity contribution in [2.24, 2.45) is 0 Å². The van der Waals surface area contributed by atoms with E-state index in [1.54, 1.807) is 19.1 Å². The quantitative estimate of drug-likeness (QED) is 0.458. The fraction of sp³-hybridized carbons (Fsp3) is 0.222. The van der Waals surface area contributed by atoms with Gasteiger partial charge in [0.1, 0.15) is 0 Å². The standard InChI is InChI=1S/C18H15Cl2N3O4/c1-3-27-18(25)14-7-15-10(4-5-17(26-2)23(15)22-14)16(24)6-11-12(19)8-21-9-13(11)20/h4-5,7-9H,3,6H2,1-2H3. The Hall–Kier alpha value is -2.64. The van der Waals surface area contributed by atoms with Gasteiger partial charge < -0.3 is 9.47 Å². The van der Waals surface area contributed by atoms with Crippen molar-refractivity contribution >= 4 is 40.5 Å². The first kappa shape index (κ1) is 19.1. The van der Waals surface area contributed by atoms with Gasteiger partial charge >= 0.3 is 5.97 Å². The van der Waals surface area contributed by atoms with Gasteiger partial charge in [-0.05, 0) is 19.1 Å². The van der Waals surface area contributed by atoms with Crippen molar-refractivity contribution in [1.82, 2.24) is 14.6 Å². The minimum absolute atomic E-state index is 0.0257. The number of nitrogens with zero attached hydrogens (tertiary/aromatic N) is 3. The van der Waals surface area contributed by atoms with Gasteiger partial charge in [-0.3, -0.25) is 9.78 Å². The van der Waals surface area contributed by atoms with E-state index >= 15 is 0 Å². The molecular weight excluding hydrogens is 393 g/mol. The molecule has 0 bridgehead atoms. The maximum Gasteiger partial charge on any atom is 0.358 e. The van der Waals surface area contributed by atoms with Crippen molar-refractivity contribution in [3.05, 3.63) is 57.5 Å². The highest BCUT2D eigenvalue weighted by molar-refractivity contribution is 6.36. The van der Waals surface area contributed by atoms with Crippen molar-refractivity contribution in [2.75, 3.05) is 13.7 Å². The number of ketones is 1. The van der Waals surface area contributed by atoms with E-state index in [-0.39, 0.29) is 24.5 Å². The smallest absolute Gasteiger partial charge is 0.358 e. The topological polar surface area (TPSA) is 82.8 Å². The molecule has 0 unspecified atom stereocenters. The predicted molar refractivity (Wildman–Crippen MR) is 100.0 cm³/mol. The molecule has 3 rings (SSSR count). The van der Waals surface area contributed by atoms with Crippen LogP contribution in [0.1, 0.15) is 33.3 Å². The van der Waals surface area contributed by atoms with Crippen molar-refractivity contribution in [3.63, 3.8) is 0 Å². The number of pyridine rings is 2. The summed E-state index contributed by atoms with van der Waals surface area (Å²) in [6.45, 7) is 1.92. The molecule has 7 nitrogen and oxygen atoms in total. The van der Waals surface area contributed by atoms with E-state index in [2.05, 4.69) is 10.1 Å². The first-order valence-corrected chi connectivity index (χ1v) is 8.76. The van der Waals surface area contributed by atoms with Crippen LogP contribution in [0.2, 0.25) is 10.0 Å². The lowest BCUT2D eigenvalue weighted by molar-refractivity contribution is 0.0519. The van der Waals surface area contributed by atoms with Gasteiger partial charge in [0.05, 0.1) is 29.3 Å². The number of carbonyl (C=O) groups excluding carboxylic acids is 2. The summed E-state index contributed by atoms with van der Waals surface area (Å²) in [6, 6.07) is 4.69. The summed E-state index contributed by atoms with van der Waals surface area (Å²) in [5.74, 6) is -0.452. The molecule has 3 aromatic heterocycles. The molecule has 0 fully saturated rings. The van der Waals surface area contributed by atoms with Gasteiger partial charge in [-0.15, -0.1) is 0 Å². The zero-order valence-electron chi connectivity index (χ0n) is 14.5. The van der Waals surface area contributed by atoms with Gasteiger partial charge in [0, 0.05) is 36.0 Å². The molecule has 0 amide bonds. The number of methoxy groups -OCH3 is 1. The summed E-state index contributed by atoms with van der Waals surface area (Å²) in [5, 5.41) is 4.80. The lowest BCUT2D eigenvalue weighted by Gasteiger charge is -2.09. The molecule has 0 radical (unpaired) electrons. The Kier molecular flexibility index (Phi) is 5.62. The summed E-state index contributed by atoms with van der Waals surface area (Å²) in [5.41, 5.74) is 1.33. The monoisotopic (exact) mass is 407 g/mol. The first-order valence-electron chi connectivity index (χ1n) is 8.01. The third-order valence-electron chi connectivity index (χ3n) is 3.87. The molecule has 140 valence electrons. The Morgan fingerprint density at radius 1 is 1.19 bits per heavy atom. The summed E-state index contributed by atoms with van der Waals surface area (Å²) in [7, 11) is 1.47. The number of hydrogen-bond acceptors (Lipinski definition) is 6. The molecule has 0 aliphatic rings. The van der Waals surface area contributed by atoms with Crippen LogP contribution in [0.3, 0.4) is 0 Å². The third-order valence-corrected chi connectivity index (χ3v) is 4.52. The fourth-order valence-corrected chi connectivity index (χ4v) is 3.11. The van der Waals surface area contributed by atoms with Crippen LogP contribution in [0.25, 0.3) is 5.52 Å². The summed E-state index contributed by atoms with van der Waals surface area (Å²) >= 11 is 12.2. The van der Waals surface area contributed by atoms with Crippen molar-refractivity contribution in [1.29, 1.82) is 0 Å². The number of aromatic nitrogens is 3. The van der Waals surface area contributed by atoms with Crippen molar-refractivity contribution < 1.29 is 19.1 Å². The Balaban J connectivity index is 2.05. The highest BCUT2D eigenvalue weighted by atomic mass is 35.5. The molecule has 0 spiro atoms. The van der Waals surface area contributed by atoms with E-state index in [1.807, 2.05) is 0 Å². The third kappa shape index (κ3) is 3.74. The molecule has 3 aromatic rings. The minimum Gasteiger partial charge on any atom is -0.481 e. The maximum absolute atomic E-state index is 12.9. The molecule has 0 N–H and O–H groups in total. The second kappa shape index (κ2) is 7.94. The van der Waals surface area contributed by atoms with Gasteiger partial charge in [-0.2, -0.15) is 9.61 Å². The zero-order valence-corrected chi connectivity index (χ0v) is 16.0. The van der Waals surface area contributed by atoms with Crippen LogP contribution in [-0.2, 0) is 11.2 Å². The van der Waals surface area contributed by atoms with Crippen LogP contribution in [0.15, 0.2) is 30.6 Å². The van der Waals surface area contributed by atoms with E-state index in [9.17, 15) is 9.59 Å². The summed E-state index contributed by atoms with van der Waals surface area (Å²) in [6.07, 6.45) is 2.83. The summed E-state index contributed by atoms with van der Waals surface area (Å²) in [4.78, 5) is 28.8. The van der Waals surface area contributed by atoms with Crippen LogP contribution >= 0.6 is 23.2 Å². The van der Waals surface area contributed by atoms with Gasteiger partial charge in [0.15, 0.2) is 11.5 Å². The normalized spacial score (nSPS) is 10.8. The molecule has 0 aromatic carbocycles. The van der Waals surface area contributed by atoms with E-state index in [0.717, 1.165) is 0 Å². The van der Waals surface area contributed by atoms with Crippen LogP contribution < -0.4 is 4.74 Å². The summed E-state index contributed by atoms with van der Waals surface area (Å²) < 4.78 is 11.6. The van der Waals surface area contributed by atoms with Crippen molar-refractivity contribution in [2.45, 2.75) is 13.3 Å². The van der Waals surface area contributed by atoms with Crippen molar-refractivity contribution in [3.8, 4) is 5.88 Å². The molecule has 27 heavy (non-hydrogen) atoms. The van der Waals surface area contributed by atoms with E-state index in [0.29, 0.717) is 32.6 Å². The predicted octanol–water partition coefficient (Wildman–Crippen LogP) is 3.65. The highest BCUT2D eigenvalue weighted by Gasteiger charge is 2.21. The Bertz CT molecular complexity index is 1010. The van der Waals surface area contributed by atoms with Crippen LogP contribution in [0.5, 0.6) is 5.88 Å². The Morgan fingerprint density at radius 3 is 2.52 bits per heavy atom. The molecule has 0 saturated heterocycles. The first-order chi connectivity index (χ1) is 13.0. The molecular formula is C18H15Cl2N3O4. The molecule has 0 saturated carbocycles. The second-order valence-electron chi connectivity index (χ2n) is 5.52. The number of esters is 1. The van der Waals surface area contributed by atoms with E-state index in [1.165, 1.54) is 30.1 Å². The molecule has 0 aliphatic carbocycles. The SMILES string of the molecule is CCOC(=O)c1cc2c(C(=O)Cc3c(Cl)cncc3Cl)ccc(OC)n2n1. The number of ether oxygens (including phenoxy) is 2. The minimum atomic E-state index is -0.582. The Labute approximate surface area is 164 Å². The molecule has 0 aliphatic heterocycles. The van der Waals surface area contributed by atoms with Gasteiger partial charge in [0.25, 0.3) is 0 Å². The van der Waals surface area contributed by atoms with Gasteiger partial charge in [-0.1, -0.05) is 23.2 Å². The average molecular weight is 408 g/mol. The van der Waals surface area contributed by atoms with Gasteiger partial charge in [0.2, 0.25) is 5.88 Å². The van der Waals surface area contributed by atoms with Crippen LogP contribution in [-0.4, -0.2) is 40.1 Å². The lowest BCUT2D eigenvalue weighted by Crippen LogP contribution is -2.08. The maximum atomic E-state index is 12.9. The number of hydrogen-bond donors (Lipinski definition) is 0. The molecule has 3 heterocycles.